The summed E-state index contributed by atoms with van der Waals surface area (Å²) in [4.78, 5) is 11.0. The Morgan fingerprint density at radius 1 is 1.45 bits per heavy atom. The molecule has 1 rings (SSSR count). The number of carbonyl (C=O) groups is 1. The van der Waals surface area contributed by atoms with Gasteiger partial charge in [0.05, 0.1) is 25.2 Å². The third-order valence-corrected chi connectivity index (χ3v) is 4.06. The lowest BCUT2D eigenvalue weighted by molar-refractivity contribution is -0.139. The lowest BCUT2D eigenvalue weighted by Crippen LogP contribution is -2.29. The number of aliphatic carboxylic acids is 1. The molecule has 0 aromatic heterocycles. The fourth-order valence-corrected chi connectivity index (χ4v) is 2.50. The Morgan fingerprint density at radius 2 is 2.18 bits per heavy atom. The minimum Gasteiger partial charge on any atom is -0.481 e. The molecule has 1 aromatic carbocycles. The van der Waals surface area contributed by atoms with Crippen LogP contribution in [0.25, 0.3) is 0 Å². The van der Waals surface area contributed by atoms with Crippen molar-refractivity contribution in [3.63, 3.8) is 0 Å². The molecule has 0 aliphatic carbocycles. The Morgan fingerprint density at radius 3 is 2.77 bits per heavy atom. The molecule has 1 aromatic rings. The van der Waals surface area contributed by atoms with E-state index in [0.717, 1.165) is 31.0 Å². The van der Waals surface area contributed by atoms with Crippen LogP contribution in [-0.4, -0.2) is 31.7 Å². The molecule has 0 aliphatic rings. The van der Waals surface area contributed by atoms with Gasteiger partial charge in [0, 0.05) is 6.42 Å². The van der Waals surface area contributed by atoms with Crippen LogP contribution in [-0.2, 0) is 20.3 Å². The van der Waals surface area contributed by atoms with Crippen molar-refractivity contribution >= 4 is 25.0 Å². The first-order chi connectivity index (χ1) is 11.1. The van der Waals surface area contributed by atoms with E-state index in [2.05, 4.69) is 13.8 Å². The monoisotopic (exact) mass is 325 g/mol. The highest BCUT2D eigenvalue weighted by Gasteiger charge is 2.24. The number of rotatable bonds is 12. The number of benzene rings is 1. The highest BCUT2D eigenvalue weighted by Crippen LogP contribution is 2.23. The van der Waals surface area contributed by atoms with E-state index in [-0.39, 0.29) is 12.5 Å². The summed E-state index contributed by atoms with van der Waals surface area (Å²) in [6.07, 6.45) is 0.777. The second-order valence-electron chi connectivity index (χ2n) is 5.37. The van der Waals surface area contributed by atoms with Crippen molar-refractivity contribution in [3.05, 3.63) is 35.9 Å². The summed E-state index contributed by atoms with van der Waals surface area (Å²) in [6.45, 7) is 4.67. The fraction of sp³-hybridized carbons (Fsp3) is 0.562. The molecule has 1 N–H and O–H groups in total. The molecule has 0 aliphatic heterocycles. The van der Waals surface area contributed by atoms with Crippen LogP contribution in [0.15, 0.2) is 30.3 Å². The Balaban J connectivity index is 2.64. The molecule has 0 saturated carbocycles. The summed E-state index contributed by atoms with van der Waals surface area (Å²) in [5, 5.41) is 9.01. The molecule has 22 heavy (non-hydrogen) atoms. The fourth-order valence-electron chi connectivity index (χ4n) is 2.19. The van der Waals surface area contributed by atoms with Gasteiger partial charge in [-0.25, -0.2) is 0 Å². The van der Waals surface area contributed by atoms with Gasteiger partial charge in [-0.2, -0.15) is 0 Å². The summed E-state index contributed by atoms with van der Waals surface area (Å²) in [7, 11) is 1.05. The normalized spacial score (nSPS) is 15.6. The van der Waals surface area contributed by atoms with Crippen molar-refractivity contribution in [3.8, 4) is 0 Å². The number of carboxylic acid groups (broad SMARTS) is 1. The third kappa shape index (κ3) is 7.34. The molecule has 0 spiro atoms. The van der Waals surface area contributed by atoms with Crippen LogP contribution >= 0.6 is 11.9 Å². The quantitative estimate of drug-likeness (QED) is 0.472. The van der Waals surface area contributed by atoms with Crippen molar-refractivity contribution in [1.82, 2.24) is 0 Å². The predicted octanol–water partition coefficient (Wildman–Crippen LogP) is 3.33. The van der Waals surface area contributed by atoms with Crippen LogP contribution in [0.5, 0.6) is 0 Å². The summed E-state index contributed by atoms with van der Waals surface area (Å²) in [5.74, 6) is -0.616. The van der Waals surface area contributed by atoms with Gasteiger partial charge >= 0.3 is 5.97 Å². The van der Waals surface area contributed by atoms with Crippen LogP contribution in [0.2, 0.25) is 0 Å². The van der Waals surface area contributed by atoms with Crippen molar-refractivity contribution in [2.45, 2.75) is 51.9 Å². The molecule has 3 atom stereocenters. The van der Waals surface area contributed by atoms with Crippen molar-refractivity contribution in [2.24, 2.45) is 5.92 Å². The summed E-state index contributed by atoms with van der Waals surface area (Å²) >= 11 is 0.857. The Bertz CT molecular complexity index is 449. The molecule has 1 radical (unpaired) electrons. The second kappa shape index (κ2) is 10.7. The summed E-state index contributed by atoms with van der Waals surface area (Å²) < 4.78 is 18.4. The van der Waals surface area contributed by atoms with Gasteiger partial charge in [0.2, 0.25) is 7.09 Å². The Kier molecular flexibility index (Phi) is 8.45. The molecular weight excluding hydrogens is 299 g/mol. The molecule has 121 valence electrons. The van der Waals surface area contributed by atoms with Gasteiger partial charge in [-0.3, -0.25) is 4.79 Å². The van der Waals surface area contributed by atoms with E-state index < -0.39 is 12.1 Å². The largest absolute Gasteiger partial charge is 0.481 e. The van der Waals surface area contributed by atoms with E-state index in [0.29, 0.717) is 18.9 Å². The van der Waals surface area contributed by atoms with Crippen LogP contribution in [0.1, 0.15) is 38.7 Å². The van der Waals surface area contributed by atoms with Gasteiger partial charge in [-0.05, 0) is 12.8 Å². The van der Waals surface area contributed by atoms with Gasteiger partial charge in [0.1, 0.15) is 0 Å². The molecule has 6 heteroatoms. The van der Waals surface area contributed by atoms with Crippen LogP contribution in [0.3, 0.4) is 0 Å². The van der Waals surface area contributed by atoms with E-state index in [1.54, 1.807) is 0 Å². The van der Waals surface area contributed by atoms with Crippen LogP contribution < -0.4 is 0 Å². The molecule has 0 amide bonds. The zero-order valence-corrected chi connectivity index (χ0v) is 13.9. The van der Waals surface area contributed by atoms with Crippen molar-refractivity contribution in [2.75, 3.05) is 0 Å². The Hall–Kier alpha value is -0.975. The number of carboxylic acids is 1. The molecule has 0 unspecified atom stereocenters. The van der Waals surface area contributed by atoms with E-state index in [9.17, 15) is 4.79 Å². The SMILES string of the molecule is [3H][B]SO[C@H](CC(=O)O)C[C@H](OCc1ccccc1)[C@@H](C)CC. The van der Waals surface area contributed by atoms with Crippen molar-refractivity contribution in [1.29, 1.82) is 1.34 Å². The van der Waals surface area contributed by atoms with Crippen molar-refractivity contribution < 1.29 is 18.8 Å². The van der Waals surface area contributed by atoms with E-state index in [4.69, 9.17) is 15.4 Å². The molecule has 0 saturated heterocycles. The molecule has 4 nitrogen and oxygen atoms in total. The molecule has 0 bridgehead atoms. The maximum absolute atomic E-state index is 11.0. The molecule has 0 heterocycles. The topological polar surface area (TPSA) is 55.8 Å². The molecule has 0 fully saturated rings. The average Bonchev–Trinajstić information content (AvgIpc) is 2.55. The minimum atomic E-state index is -0.911. The zero-order valence-electron chi connectivity index (χ0n) is 14.1. The van der Waals surface area contributed by atoms with E-state index in [1.165, 1.54) is 0 Å². The van der Waals surface area contributed by atoms with Crippen LogP contribution in [0, 0.1) is 5.92 Å². The highest BCUT2D eigenvalue weighted by atomic mass is 32.2. The highest BCUT2D eigenvalue weighted by molar-refractivity contribution is 8.15. The van der Waals surface area contributed by atoms with E-state index in [1.807, 2.05) is 30.3 Å². The smallest absolute Gasteiger partial charge is 0.306 e. The summed E-state index contributed by atoms with van der Waals surface area (Å²) in [5.41, 5.74) is 1.09. The second-order valence-corrected chi connectivity index (χ2v) is 5.75. The summed E-state index contributed by atoms with van der Waals surface area (Å²) in [6, 6.07) is 9.90. The number of hydrogen-bond donors (Lipinski definition) is 1. The van der Waals surface area contributed by atoms with Gasteiger partial charge in [-0.15, -0.1) is 0 Å². The predicted molar refractivity (Wildman–Crippen MR) is 91.0 cm³/mol. The van der Waals surface area contributed by atoms with Gasteiger partial charge in [0.25, 0.3) is 0 Å². The van der Waals surface area contributed by atoms with Gasteiger partial charge in [-0.1, -0.05) is 62.5 Å². The first-order valence-corrected chi connectivity index (χ1v) is 8.26. The molecular formula is C16H24BO4S. The average molecular weight is 325 g/mol. The minimum absolute atomic E-state index is 0.0871. The maximum atomic E-state index is 11.0. The lowest BCUT2D eigenvalue weighted by atomic mass is 9.95. The lowest BCUT2D eigenvalue weighted by Gasteiger charge is -2.27. The van der Waals surface area contributed by atoms with Crippen LogP contribution in [0.4, 0.5) is 0 Å². The van der Waals surface area contributed by atoms with Gasteiger partial charge < -0.3 is 14.0 Å². The Labute approximate surface area is 139 Å². The first-order valence-electron chi connectivity index (χ1n) is 8.04. The number of ether oxygens (including phenoxy) is 1. The zero-order chi connectivity index (χ0) is 17.1. The third-order valence-electron chi connectivity index (χ3n) is 3.67. The van der Waals surface area contributed by atoms with E-state index >= 15 is 0 Å². The number of hydrogen-bond acceptors (Lipinski definition) is 4. The van der Waals surface area contributed by atoms with Gasteiger partial charge in [0.15, 0.2) is 0 Å². The first kappa shape index (κ1) is 17.4. The maximum Gasteiger partial charge on any atom is 0.306 e. The standard InChI is InChI=1S/C16H24BO4S/c1-3-12(2)15(9-14(21-22-17)10-16(18)19)20-11-13-7-5-4-6-8-13/h4-8,12,14-15,17H,3,9-11H2,1-2H3,(H,18,19)/t12-,14-,15-/m0/s1/i17T.